The van der Waals surface area contributed by atoms with E-state index in [1.807, 2.05) is 22.6 Å². The van der Waals surface area contributed by atoms with E-state index in [9.17, 15) is 9.90 Å². The Hall–Kier alpha value is -1.93. The Balaban J connectivity index is 2.13. The van der Waals surface area contributed by atoms with Crippen LogP contribution in [0.1, 0.15) is 0 Å². The number of hydrogen-bond donors (Lipinski definition) is 2. The first-order valence-corrected chi connectivity index (χ1v) is 8.01. The Kier molecular flexibility index (Phi) is 4.36. The fourth-order valence-corrected chi connectivity index (χ4v) is 2.76. The standard InChI is InChI=1S/C16H11ClINO4/c1-22-8-3-2-4-9(5-8)23-15-14(20)10-6-12(18)11(17)7-13(10)19-16(15)21/h2-7H,1H3,(H2,19,20,21). The molecular weight excluding hydrogens is 433 g/mol. The highest BCUT2D eigenvalue weighted by Crippen LogP contribution is 2.36. The summed E-state index contributed by atoms with van der Waals surface area (Å²) in [6.45, 7) is 0. The van der Waals surface area contributed by atoms with Gasteiger partial charge >= 0.3 is 0 Å². The third-order valence-electron chi connectivity index (χ3n) is 3.25. The molecule has 2 N–H and O–H groups in total. The van der Waals surface area contributed by atoms with Crippen molar-refractivity contribution in [3.8, 4) is 23.0 Å². The maximum Gasteiger partial charge on any atom is 0.295 e. The summed E-state index contributed by atoms with van der Waals surface area (Å²) in [6, 6.07) is 10.0. The summed E-state index contributed by atoms with van der Waals surface area (Å²) >= 11 is 8.09. The second-order valence-electron chi connectivity index (χ2n) is 4.72. The summed E-state index contributed by atoms with van der Waals surface area (Å²) in [5, 5.41) is 11.4. The second kappa shape index (κ2) is 6.29. The smallest absolute Gasteiger partial charge is 0.295 e. The zero-order chi connectivity index (χ0) is 16.6. The van der Waals surface area contributed by atoms with Crippen LogP contribution >= 0.6 is 34.2 Å². The molecule has 1 heterocycles. The Morgan fingerprint density at radius 1 is 1.22 bits per heavy atom. The molecule has 0 saturated carbocycles. The van der Waals surface area contributed by atoms with Gasteiger partial charge in [0.2, 0.25) is 5.75 Å². The monoisotopic (exact) mass is 443 g/mol. The molecule has 1 aromatic heterocycles. The number of aromatic nitrogens is 1. The zero-order valence-corrected chi connectivity index (χ0v) is 14.8. The van der Waals surface area contributed by atoms with Gasteiger partial charge < -0.3 is 19.6 Å². The van der Waals surface area contributed by atoms with E-state index >= 15 is 0 Å². The zero-order valence-electron chi connectivity index (χ0n) is 11.9. The molecule has 0 unspecified atom stereocenters. The van der Waals surface area contributed by atoms with Crippen molar-refractivity contribution in [1.29, 1.82) is 0 Å². The number of nitrogens with one attached hydrogen (secondary N) is 1. The molecule has 2 aromatic carbocycles. The van der Waals surface area contributed by atoms with E-state index in [1.165, 1.54) is 7.11 Å². The molecule has 23 heavy (non-hydrogen) atoms. The van der Waals surface area contributed by atoms with Crippen molar-refractivity contribution in [3.05, 3.63) is 55.3 Å². The molecule has 3 aromatic rings. The molecule has 0 fully saturated rings. The maximum absolute atomic E-state index is 12.2. The largest absolute Gasteiger partial charge is 0.504 e. The number of pyridine rings is 1. The van der Waals surface area contributed by atoms with Crippen LogP contribution in [-0.4, -0.2) is 17.2 Å². The summed E-state index contributed by atoms with van der Waals surface area (Å²) in [5.41, 5.74) is -0.106. The lowest BCUT2D eigenvalue weighted by Crippen LogP contribution is -2.09. The molecule has 0 atom stereocenters. The van der Waals surface area contributed by atoms with Gasteiger partial charge in [-0.2, -0.15) is 0 Å². The summed E-state index contributed by atoms with van der Waals surface area (Å²) in [6.07, 6.45) is 0. The Bertz CT molecular complexity index is 955. The SMILES string of the molecule is COc1cccc(Oc2c(O)c3cc(I)c(Cl)cc3[nH]c2=O)c1. The molecule has 118 valence electrons. The Morgan fingerprint density at radius 3 is 2.70 bits per heavy atom. The fraction of sp³-hybridized carbons (Fsp3) is 0.0625. The first-order chi connectivity index (χ1) is 11.0. The van der Waals surface area contributed by atoms with Crippen LogP contribution in [0, 0.1) is 3.57 Å². The van der Waals surface area contributed by atoms with E-state index in [2.05, 4.69) is 4.98 Å². The van der Waals surface area contributed by atoms with Crippen LogP contribution in [0.2, 0.25) is 5.02 Å². The highest BCUT2D eigenvalue weighted by Gasteiger charge is 2.16. The average Bonchev–Trinajstić information content (AvgIpc) is 2.54. The number of ether oxygens (including phenoxy) is 2. The number of hydrogen-bond acceptors (Lipinski definition) is 4. The molecule has 0 amide bonds. The lowest BCUT2D eigenvalue weighted by Gasteiger charge is -2.10. The van der Waals surface area contributed by atoms with E-state index < -0.39 is 5.56 Å². The van der Waals surface area contributed by atoms with Gasteiger partial charge in [-0.05, 0) is 46.9 Å². The van der Waals surface area contributed by atoms with Crippen LogP contribution in [0.5, 0.6) is 23.0 Å². The van der Waals surface area contributed by atoms with Crippen molar-refractivity contribution in [2.45, 2.75) is 0 Å². The van der Waals surface area contributed by atoms with Crippen LogP contribution in [-0.2, 0) is 0 Å². The van der Waals surface area contributed by atoms with Gasteiger partial charge in [-0.25, -0.2) is 0 Å². The summed E-state index contributed by atoms with van der Waals surface area (Å²) in [7, 11) is 1.53. The van der Waals surface area contributed by atoms with E-state index in [0.717, 1.165) is 3.57 Å². The predicted molar refractivity (Wildman–Crippen MR) is 97.0 cm³/mol. The molecule has 0 aliphatic rings. The third kappa shape index (κ3) is 3.09. The van der Waals surface area contributed by atoms with Crippen LogP contribution in [0.25, 0.3) is 10.9 Å². The first-order valence-electron chi connectivity index (χ1n) is 6.55. The normalized spacial score (nSPS) is 10.7. The van der Waals surface area contributed by atoms with Crippen molar-refractivity contribution < 1.29 is 14.6 Å². The fourth-order valence-electron chi connectivity index (χ4n) is 2.13. The lowest BCUT2D eigenvalue weighted by atomic mass is 10.2. The molecule has 0 aliphatic carbocycles. The molecule has 0 saturated heterocycles. The second-order valence-corrected chi connectivity index (χ2v) is 6.29. The molecule has 0 bridgehead atoms. The van der Waals surface area contributed by atoms with Crippen LogP contribution in [0.4, 0.5) is 0 Å². The Morgan fingerprint density at radius 2 is 1.96 bits per heavy atom. The first kappa shape index (κ1) is 15.9. The van der Waals surface area contributed by atoms with Crippen molar-refractivity contribution in [2.75, 3.05) is 7.11 Å². The van der Waals surface area contributed by atoms with Gasteiger partial charge in [0.15, 0.2) is 5.75 Å². The van der Waals surface area contributed by atoms with Gasteiger partial charge in [-0.15, -0.1) is 0 Å². The number of H-pyrrole nitrogens is 1. The number of aromatic hydroxyl groups is 1. The summed E-state index contributed by atoms with van der Waals surface area (Å²) in [5.74, 6) is 0.554. The van der Waals surface area contributed by atoms with Crippen LogP contribution in [0.3, 0.4) is 0 Å². The van der Waals surface area contributed by atoms with Crippen LogP contribution in [0.15, 0.2) is 41.2 Å². The van der Waals surface area contributed by atoms with Crippen molar-refractivity contribution in [3.63, 3.8) is 0 Å². The van der Waals surface area contributed by atoms with Crippen molar-refractivity contribution in [1.82, 2.24) is 4.98 Å². The summed E-state index contributed by atoms with van der Waals surface area (Å²) in [4.78, 5) is 14.8. The van der Waals surface area contributed by atoms with Crippen LogP contribution < -0.4 is 15.0 Å². The van der Waals surface area contributed by atoms with E-state index in [4.69, 9.17) is 21.1 Å². The van der Waals surface area contributed by atoms with Crippen molar-refractivity contribution >= 4 is 45.1 Å². The van der Waals surface area contributed by atoms with Gasteiger partial charge in [0, 0.05) is 15.0 Å². The number of halogens is 2. The highest BCUT2D eigenvalue weighted by molar-refractivity contribution is 14.1. The number of rotatable bonds is 3. The average molecular weight is 444 g/mol. The van der Waals surface area contributed by atoms with E-state index in [1.54, 1.807) is 36.4 Å². The van der Waals surface area contributed by atoms with Gasteiger partial charge in [0.05, 0.1) is 17.6 Å². The number of methoxy groups -OCH3 is 1. The minimum Gasteiger partial charge on any atom is -0.504 e. The van der Waals surface area contributed by atoms with Gasteiger partial charge in [0.1, 0.15) is 11.5 Å². The third-order valence-corrected chi connectivity index (χ3v) is 4.77. The molecule has 0 spiro atoms. The molecule has 7 heteroatoms. The highest BCUT2D eigenvalue weighted by atomic mass is 127. The molecule has 5 nitrogen and oxygen atoms in total. The molecule has 0 aliphatic heterocycles. The predicted octanol–water partition coefficient (Wildman–Crippen LogP) is 4.29. The maximum atomic E-state index is 12.2. The quantitative estimate of drug-likeness (QED) is 0.593. The van der Waals surface area contributed by atoms with Gasteiger partial charge in [-0.3, -0.25) is 4.79 Å². The van der Waals surface area contributed by atoms with Gasteiger partial charge in [0.25, 0.3) is 5.56 Å². The summed E-state index contributed by atoms with van der Waals surface area (Å²) < 4.78 is 11.4. The van der Waals surface area contributed by atoms with E-state index in [0.29, 0.717) is 27.4 Å². The van der Waals surface area contributed by atoms with Gasteiger partial charge in [-0.1, -0.05) is 17.7 Å². The minimum absolute atomic E-state index is 0.177. The molecule has 0 radical (unpaired) electrons. The lowest BCUT2D eigenvalue weighted by molar-refractivity contribution is 0.397. The number of aromatic amines is 1. The number of fused-ring (bicyclic) bond motifs is 1. The van der Waals surface area contributed by atoms with E-state index in [-0.39, 0.29) is 11.5 Å². The minimum atomic E-state index is -0.546. The topological polar surface area (TPSA) is 71.5 Å². The number of benzene rings is 2. The molecule has 3 rings (SSSR count). The van der Waals surface area contributed by atoms with Crippen molar-refractivity contribution in [2.24, 2.45) is 0 Å². The Labute approximate surface area is 150 Å². The molecular formula is C16H11ClINO4.